The molecule has 1 aromatic carbocycles. The molecule has 0 aliphatic carbocycles. The normalized spacial score (nSPS) is 10.4. The molecular formula is C12H13BrN2O2. The maximum Gasteiger partial charge on any atom is 0.161 e. The zero-order valence-corrected chi connectivity index (χ0v) is 11.5. The Morgan fingerprint density at radius 2 is 1.88 bits per heavy atom. The quantitative estimate of drug-likeness (QED) is 0.874. The second-order valence-corrected chi connectivity index (χ2v) is 4.32. The number of halogens is 1. The van der Waals surface area contributed by atoms with Gasteiger partial charge in [0.1, 0.15) is 4.60 Å². The second kappa shape index (κ2) is 4.79. The molecule has 90 valence electrons. The average molecular weight is 297 g/mol. The highest BCUT2D eigenvalue weighted by atomic mass is 79.9. The summed E-state index contributed by atoms with van der Waals surface area (Å²) in [5, 5.41) is 0. The lowest BCUT2D eigenvalue weighted by Crippen LogP contribution is -1.93. The van der Waals surface area contributed by atoms with E-state index in [-0.39, 0.29) is 0 Å². The standard InChI is InChI=1S/C12H13BrN2O2/c1-15-7-14-12(13)11(15)8-4-5-9(16-2)10(6-8)17-3/h4-7H,1-3H3. The fraction of sp³-hybridized carbons (Fsp3) is 0.250. The molecule has 0 fully saturated rings. The van der Waals surface area contributed by atoms with E-state index in [4.69, 9.17) is 9.47 Å². The summed E-state index contributed by atoms with van der Waals surface area (Å²) in [5.41, 5.74) is 2.03. The van der Waals surface area contributed by atoms with Gasteiger partial charge in [0.05, 0.1) is 26.2 Å². The van der Waals surface area contributed by atoms with Crippen LogP contribution >= 0.6 is 15.9 Å². The molecule has 0 N–H and O–H groups in total. The van der Waals surface area contributed by atoms with Gasteiger partial charge in [-0.05, 0) is 34.1 Å². The Balaban J connectivity index is 2.54. The SMILES string of the molecule is COc1ccc(-c2c(Br)ncn2C)cc1OC. The van der Waals surface area contributed by atoms with Crippen molar-refractivity contribution in [2.75, 3.05) is 14.2 Å². The molecule has 0 atom stereocenters. The highest BCUT2D eigenvalue weighted by Crippen LogP contribution is 2.34. The van der Waals surface area contributed by atoms with Crippen LogP contribution in [0.4, 0.5) is 0 Å². The van der Waals surface area contributed by atoms with Gasteiger partial charge in [-0.3, -0.25) is 0 Å². The summed E-state index contributed by atoms with van der Waals surface area (Å²) >= 11 is 3.43. The van der Waals surface area contributed by atoms with E-state index in [1.54, 1.807) is 20.5 Å². The third kappa shape index (κ3) is 2.15. The highest BCUT2D eigenvalue weighted by molar-refractivity contribution is 9.10. The predicted octanol–water partition coefficient (Wildman–Crippen LogP) is 2.87. The summed E-state index contributed by atoms with van der Waals surface area (Å²) in [4.78, 5) is 4.20. The van der Waals surface area contributed by atoms with Gasteiger partial charge in [0.2, 0.25) is 0 Å². The maximum atomic E-state index is 5.28. The van der Waals surface area contributed by atoms with Crippen LogP contribution in [0.1, 0.15) is 0 Å². The lowest BCUT2D eigenvalue weighted by Gasteiger charge is -2.10. The molecule has 1 aromatic heterocycles. The van der Waals surface area contributed by atoms with Gasteiger partial charge in [-0.15, -0.1) is 0 Å². The molecule has 4 nitrogen and oxygen atoms in total. The smallest absolute Gasteiger partial charge is 0.161 e. The van der Waals surface area contributed by atoms with Crippen molar-refractivity contribution < 1.29 is 9.47 Å². The van der Waals surface area contributed by atoms with E-state index in [0.717, 1.165) is 21.6 Å². The van der Waals surface area contributed by atoms with E-state index in [1.807, 2.05) is 29.8 Å². The molecule has 5 heteroatoms. The van der Waals surface area contributed by atoms with E-state index in [2.05, 4.69) is 20.9 Å². The Morgan fingerprint density at radius 3 is 2.41 bits per heavy atom. The van der Waals surface area contributed by atoms with Gasteiger partial charge < -0.3 is 14.0 Å². The van der Waals surface area contributed by atoms with Crippen molar-refractivity contribution in [3.8, 4) is 22.8 Å². The number of imidazole rings is 1. The fourth-order valence-electron chi connectivity index (χ4n) is 1.71. The van der Waals surface area contributed by atoms with Crippen molar-refractivity contribution in [3.05, 3.63) is 29.1 Å². The summed E-state index contributed by atoms with van der Waals surface area (Å²) in [6.45, 7) is 0. The van der Waals surface area contributed by atoms with Crippen LogP contribution in [0.3, 0.4) is 0 Å². The Morgan fingerprint density at radius 1 is 1.18 bits per heavy atom. The van der Waals surface area contributed by atoms with Crippen molar-refractivity contribution in [3.63, 3.8) is 0 Å². The minimum atomic E-state index is 0.707. The molecule has 0 amide bonds. The van der Waals surface area contributed by atoms with Crippen molar-refractivity contribution in [1.82, 2.24) is 9.55 Å². The monoisotopic (exact) mass is 296 g/mol. The van der Waals surface area contributed by atoms with Crippen LogP contribution in [0, 0.1) is 0 Å². The number of hydrogen-bond donors (Lipinski definition) is 0. The van der Waals surface area contributed by atoms with Gasteiger partial charge in [-0.1, -0.05) is 0 Å². The van der Waals surface area contributed by atoms with E-state index in [9.17, 15) is 0 Å². The van der Waals surface area contributed by atoms with Crippen LogP contribution < -0.4 is 9.47 Å². The van der Waals surface area contributed by atoms with Crippen LogP contribution in [0.15, 0.2) is 29.1 Å². The number of benzene rings is 1. The number of aryl methyl sites for hydroxylation is 1. The van der Waals surface area contributed by atoms with Crippen LogP contribution in [0.25, 0.3) is 11.3 Å². The van der Waals surface area contributed by atoms with Gasteiger partial charge in [0, 0.05) is 12.6 Å². The first-order chi connectivity index (χ1) is 8.17. The van der Waals surface area contributed by atoms with Crippen molar-refractivity contribution in [2.24, 2.45) is 7.05 Å². The fourth-order valence-corrected chi connectivity index (χ4v) is 2.31. The molecule has 0 saturated carbocycles. The molecule has 0 bridgehead atoms. The van der Waals surface area contributed by atoms with Crippen molar-refractivity contribution in [1.29, 1.82) is 0 Å². The first kappa shape index (κ1) is 12.0. The molecule has 0 aliphatic rings. The molecule has 2 aromatic rings. The average Bonchev–Trinajstić information content (AvgIpc) is 2.68. The molecular weight excluding hydrogens is 284 g/mol. The van der Waals surface area contributed by atoms with Crippen LogP contribution in [0.2, 0.25) is 0 Å². The van der Waals surface area contributed by atoms with E-state index in [1.165, 1.54) is 0 Å². The Hall–Kier alpha value is -1.49. The lowest BCUT2D eigenvalue weighted by molar-refractivity contribution is 0.355. The summed E-state index contributed by atoms with van der Waals surface area (Å²) in [6.07, 6.45) is 1.76. The number of ether oxygens (including phenoxy) is 2. The Bertz CT molecular complexity index is 518. The molecule has 0 unspecified atom stereocenters. The van der Waals surface area contributed by atoms with E-state index >= 15 is 0 Å². The first-order valence-electron chi connectivity index (χ1n) is 5.06. The first-order valence-corrected chi connectivity index (χ1v) is 5.86. The summed E-state index contributed by atoms with van der Waals surface area (Å²) in [5.74, 6) is 1.42. The van der Waals surface area contributed by atoms with Crippen LogP contribution in [-0.4, -0.2) is 23.8 Å². The van der Waals surface area contributed by atoms with Crippen molar-refractivity contribution in [2.45, 2.75) is 0 Å². The number of rotatable bonds is 3. The number of aromatic nitrogens is 2. The van der Waals surface area contributed by atoms with Crippen LogP contribution in [-0.2, 0) is 7.05 Å². The van der Waals surface area contributed by atoms with Gasteiger partial charge in [-0.2, -0.15) is 0 Å². The Labute approximate surface area is 108 Å². The molecule has 0 radical (unpaired) electrons. The molecule has 1 heterocycles. The minimum absolute atomic E-state index is 0.707. The topological polar surface area (TPSA) is 36.3 Å². The molecule has 2 rings (SSSR count). The van der Waals surface area contributed by atoms with Gasteiger partial charge in [0.25, 0.3) is 0 Å². The molecule has 0 aliphatic heterocycles. The summed E-state index contributed by atoms with van der Waals surface area (Å²) in [6, 6.07) is 5.79. The summed E-state index contributed by atoms with van der Waals surface area (Å²) in [7, 11) is 5.20. The maximum absolute atomic E-state index is 5.28. The summed E-state index contributed by atoms with van der Waals surface area (Å²) < 4.78 is 13.3. The van der Waals surface area contributed by atoms with Gasteiger partial charge >= 0.3 is 0 Å². The molecule has 0 saturated heterocycles. The zero-order valence-electron chi connectivity index (χ0n) is 9.90. The van der Waals surface area contributed by atoms with Gasteiger partial charge in [-0.25, -0.2) is 4.98 Å². The molecule has 17 heavy (non-hydrogen) atoms. The second-order valence-electron chi connectivity index (χ2n) is 3.56. The third-order valence-corrected chi connectivity index (χ3v) is 3.13. The zero-order chi connectivity index (χ0) is 12.4. The van der Waals surface area contributed by atoms with Crippen LogP contribution in [0.5, 0.6) is 11.5 Å². The minimum Gasteiger partial charge on any atom is -0.493 e. The molecule has 0 spiro atoms. The lowest BCUT2D eigenvalue weighted by atomic mass is 10.1. The van der Waals surface area contributed by atoms with Crippen molar-refractivity contribution >= 4 is 15.9 Å². The van der Waals surface area contributed by atoms with Gasteiger partial charge in [0.15, 0.2) is 11.5 Å². The largest absolute Gasteiger partial charge is 0.493 e. The predicted molar refractivity (Wildman–Crippen MR) is 69.4 cm³/mol. The number of nitrogens with zero attached hydrogens (tertiary/aromatic N) is 2. The van der Waals surface area contributed by atoms with E-state index in [0.29, 0.717) is 5.75 Å². The number of methoxy groups -OCH3 is 2. The Kier molecular flexibility index (Phi) is 3.38. The third-order valence-electron chi connectivity index (χ3n) is 2.55. The number of hydrogen-bond acceptors (Lipinski definition) is 3. The van der Waals surface area contributed by atoms with E-state index < -0.39 is 0 Å². The highest BCUT2D eigenvalue weighted by Gasteiger charge is 2.12.